The van der Waals surface area contributed by atoms with Crippen LogP contribution in [0.2, 0.25) is 0 Å². The minimum absolute atomic E-state index is 0. The normalized spacial score (nSPS) is 2.50. The van der Waals surface area contributed by atoms with Crippen molar-refractivity contribution in [3.8, 4) is 0 Å². The molecule has 0 amide bonds. The monoisotopic (exact) mass is 285 g/mol. The molecule has 0 fully saturated rings. The Balaban J connectivity index is -0.00000000500. The molecule has 0 aromatic carbocycles. The van der Waals surface area contributed by atoms with Crippen molar-refractivity contribution in [3.05, 3.63) is 0 Å². The van der Waals surface area contributed by atoms with Crippen LogP contribution in [0, 0.1) is 0 Å². The van der Waals surface area contributed by atoms with Crippen molar-refractivity contribution in [1.82, 2.24) is 0 Å². The van der Waals surface area contributed by atoms with E-state index < -0.39 is 0 Å². The van der Waals surface area contributed by atoms with Gasteiger partial charge >= 0.3 is 71.7 Å². The summed E-state index contributed by atoms with van der Waals surface area (Å²) >= 11 is 1.51. The van der Waals surface area contributed by atoms with E-state index in [1.54, 1.807) is 0 Å². The van der Waals surface area contributed by atoms with Gasteiger partial charge in [0.15, 0.2) is 0 Å². The zero-order valence-corrected chi connectivity index (χ0v) is 6.67. The molecule has 0 atom stereocenters. The number of hydrogen-bond donors (Lipinski definition) is 0. The molecule has 21 valence electrons. The summed E-state index contributed by atoms with van der Waals surface area (Å²) in [6, 6.07) is 0. The van der Waals surface area contributed by atoms with Gasteiger partial charge in [-0.15, -0.1) is 0 Å². The molecule has 0 rings (SSSR count). The van der Waals surface area contributed by atoms with E-state index in [2.05, 4.69) is 0 Å². The van der Waals surface area contributed by atoms with Crippen LogP contribution in [0.15, 0.2) is 0 Å². The van der Waals surface area contributed by atoms with E-state index in [0.29, 0.717) is 0 Å². The summed E-state index contributed by atoms with van der Waals surface area (Å²) in [6.45, 7) is 0. The van der Waals surface area contributed by atoms with Crippen molar-refractivity contribution in [3.63, 3.8) is 0 Å². The van der Waals surface area contributed by atoms with Gasteiger partial charge in [-0.05, 0) is 0 Å². The van der Waals surface area contributed by atoms with Crippen LogP contribution in [-0.2, 0) is 17.6 Å². The SMILES string of the molecule is [GaH3].[InH3].[SiH3][Zn]. The fourth-order valence-electron chi connectivity index (χ4n) is 0. The molecule has 0 aliphatic heterocycles. The van der Waals surface area contributed by atoms with E-state index in [1.165, 1.54) is 26.1 Å². The van der Waals surface area contributed by atoms with Crippen LogP contribution in [0.3, 0.4) is 0 Å². The first-order chi connectivity index (χ1) is 1.00. The third kappa shape index (κ3) is 8.84. The van der Waals surface area contributed by atoms with E-state index in [1.807, 2.05) is 0 Å². The van der Waals surface area contributed by atoms with E-state index in [0.717, 1.165) is 0 Å². The fraction of sp³-hybridized carbons (Fsp3) is 0. The Morgan fingerprint density at radius 3 is 1.25 bits per heavy atom. The van der Waals surface area contributed by atoms with Crippen molar-refractivity contribution in [1.29, 1.82) is 0 Å². The summed E-state index contributed by atoms with van der Waals surface area (Å²) in [6.07, 6.45) is 0. The molecule has 0 unspecified atom stereocenters. The van der Waals surface area contributed by atoms with Crippen LogP contribution in [0.25, 0.3) is 0 Å². The van der Waals surface area contributed by atoms with Crippen LogP contribution in [0.4, 0.5) is 0 Å². The van der Waals surface area contributed by atoms with Crippen LogP contribution in [0.5, 0.6) is 0 Å². The van der Waals surface area contributed by atoms with Crippen LogP contribution < -0.4 is 0 Å². The second-order valence-electron chi connectivity index (χ2n) is 0. The van der Waals surface area contributed by atoms with Gasteiger partial charge in [-0.1, -0.05) is 0 Å². The zero-order chi connectivity index (χ0) is 2.00. The van der Waals surface area contributed by atoms with Crippen LogP contribution in [0.1, 0.15) is 0 Å². The average Bonchev–Trinajstić information content (AvgIpc) is 1.00. The first kappa shape index (κ1) is 16.2. The molecule has 0 saturated carbocycles. The van der Waals surface area contributed by atoms with Gasteiger partial charge in [-0.3, -0.25) is 0 Å². The van der Waals surface area contributed by atoms with Gasteiger partial charge in [0, 0.05) is 0 Å². The maximum atomic E-state index is 1.51. The van der Waals surface area contributed by atoms with Gasteiger partial charge in [-0.25, -0.2) is 0 Å². The zero-order valence-electron chi connectivity index (χ0n) is 1.71. The minimum atomic E-state index is 0. The van der Waals surface area contributed by atoms with Crippen molar-refractivity contribution < 1.29 is 17.6 Å². The summed E-state index contributed by atoms with van der Waals surface area (Å²) in [7, 11) is 1.43. The van der Waals surface area contributed by atoms with E-state index in [9.17, 15) is 0 Å². The summed E-state index contributed by atoms with van der Waals surface area (Å²) in [5.74, 6) is 0. The second-order valence-corrected chi connectivity index (χ2v) is 0. The van der Waals surface area contributed by atoms with Crippen molar-refractivity contribution in [2.24, 2.45) is 0 Å². The van der Waals surface area contributed by atoms with Gasteiger partial charge in [-0.2, -0.15) is 0 Å². The predicted octanol–water partition coefficient (Wildman–Crippen LogP) is -3.55. The molecule has 0 aliphatic rings. The van der Waals surface area contributed by atoms with Gasteiger partial charge < -0.3 is 0 Å². The van der Waals surface area contributed by atoms with Gasteiger partial charge in [0.1, 0.15) is 0 Å². The third-order valence-corrected chi connectivity index (χ3v) is 0. The topological polar surface area (TPSA) is 0 Å². The van der Waals surface area contributed by atoms with Crippen LogP contribution in [-0.4, -0.2) is 54.1 Å². The molecule has 0 aromatic rings. The summed E-state index contributed by atoms with van der Waals surface area (Å²) in [5, 5.41) is 0. The maximum absolute atomic E-state index is 1.51. The molecule has 4 heteroatoms. The summed E-state index contributed by atoms with van der Waals surface area (Å²) < 4.78 is 0. The van der Waals surface area contributed by atoms with E-state index >= 15 is 0 Å². The Kier molecular flexibility index (Phi) is 74.3. The summed E-state index contributed by atoms with van der Waals surface area (Å²) in [4.78, 5) is 0. The molecule has 0 N–H and O–H groups in total. The molecule has 0 aliphatic carbocycles. The van der Waals surface area contributed by atoms with Gasteiger partial charge in [0.2, 0.25) is 0 Å². The van der Waals surface area contributed by atoms with Crippen molar-refractivity contribution in [2.75, 3.05) is 0 Å². The predicted molar refractivity (Wildman–Crippen MR) is 29.8 cm³/mol. The molecule has 0 radical (unpaired) electrons. The van der Waals surface area contributed by atoms with Gasteiger partial charge in [0.05, 0.1) is 0 Å². The quantitative estimate of drug-likeness (QED) is 0.405. The first-order valence-corrected chi connectivity index (χ1v) is 11.0. The standard InChI is InChI=1S/Ga.In.H3Si.Zn.6H/h;;1H3;;;;;;;. The molecule has 4 heavy (non-hydrogen) atoms. The molecule has 0 nitrogen and oxygen atoms in total. The Morgan fingerprint density at radius 2 is 1.25 bits per heavy atom. The van der Waals surface area contributed by atoms with Crippen molar-refractivity contribution in [2.45, 2.75) is 0 Å². The average molecular weight is 287 g/mol. The Hall–Kier alpha value is 2.35. The Bertz CT molecular complexity index is 8.00. The first-order valence-electron chi connectivity index (χ1n) is 0.707. The number of rotatable bonds is 0. The van der Waals surface area contributed by atoms with Crippen LogP contribution >= 0.6 is 0 Å². The molecule has 0 saturated heterocycles. The molecular weight excluding hydrogens is 278 g/mol. The van der Waals surface area contributed by atoms with E-state index in [4.69, 9.17) is 0 Å². The van der Waals surface area contributed by atoms with Gasteiger partial charge in [0.25, 0.3) is 0 Å². The second kappa shape index (κ2) is 18.3. The molecule has 0 spiro atoms. The molecular formula is H9GaInSiZn. The van der Waals surface area contributed by atoms with Crippen molar-refractivity contribution >= 4 is 54.1 Å². The molecule has 0 heterocycles. The fourth-order valence-corrected chi connectivity index (χ4v) is 0. The number of hydrogen-bond acceptors (Lipinski definition) is 0. The van der Waals surface area contributed by atoms with E-state index in [-0.39, 0.29) is 45.6 Å². The Labute approximate surface area is 70.7 Å². The third-order valence-electron chi connectivity index (χ3n) is 0. The molecule has 0 aromatic heterocycles. The summed E-state index contributed by atoms with van der Waals surface area (Å²) in [5.41, 5.74) is 0. The Morgan fingerprint density at radius 1 is 1.25 bits per heavy atom. The molecule has 0 bridgehead atoms.